The van der Waals surface area contributed by atoms with Gasteiger partial charge in [0.15, 0.2) is 0 Å². The van der Waals surface area contributed by atoms with E-state index in [0.29, 0.717) is 10.6 Å². The quantitative estimate of drug-likeness (QED) is 0.203. The summed E-state index contributed by atoms with van der Waals surface area (Å²) in [6, 6.07) is 13.4. The molecule has 2 aromatic rings. The van der Waals surface area contributed by atoms with E-state index in [1.807, 2.05) is 12.1 Å². The lowest BCUT2D eigenvalue weighted by Gasteiger charge is -2.12. The van der Waals surface area contributed by atoms with E-state index in [9.17, 15) is 13.5 Å². The van der Waals surface area contributed by atoms with Gasteiger partial charge in [-0.25, -0.2) is 0 Å². The fourth-order valence-corrected chi connectivity index (χ4v) is 4.68. The molecule has 0 radical (unpaired) electrons. The first-order valence-corrected chi connectivity index (χ1v) is 13.6. The average Bonchev–Trinajstić information content (AvgIpc) is 2.79. The Labute approximate surface area is 199 Å². The summed E-state index contributed by atoms with van der Waals surface area (Å²) in [5, 5.41) is 10.7. The van der Waals surface area contributed by atoms with Gasteiger partial charge in [0.1, 0.15) is 6.10 Å². The molecular weight excluding hydrogens is 444 g/mol. The van der Waals surface area contributed by atoms with E-state index < -0.39 is 16.2 Å². The zero-order valence-corrected chi connectivity index (χ0v) is 20.7. The minimum Gasteiger partial charge on any atom is -0.386 e. The topological polar surface area (TPSA) is 63.6 Å². The highest BCUT2D eigenvalue weighted by atomic mass is 35.5. The van der Waals surface area contributed by atoms with Gasteiger partial charge in [-0.3, -0.25) is 4.18 Å². The maximum atomic E-state index is 12.4. The van der Waals surface area contributed by atoms with Crippen molar-refractivity contribution in [3.05, 3.63) is 64.7 Å². The van der Waals surface area contributed by atoms with E-state index >= 15 is 0 Å². The van der Waals surface area contributed by atoms with Crippen LogP contribution in [0, 0.1) is 0 Å². The smallest absolute Gasteiger partial charge is 0.297 e. The van der Waals surface area contributed by atoms with Crippen molar-refractivity contribution in [2.24, 2.45) is 0 Å². The fraction of sp³-hybridized carbons (Fsp3) is 0.538. The average molecular weight is 481 g/mol. The molecule has 0 bridgehead atoms. The highest BCUT2D eigenvalue weighted by Crippen LogP contribution is 2.20. The zero-order chi connectivity index (χ0) is 23.2. The second kappa shape index (κ2) is 14.7. The number of rotatable bonds is 16. The first-order valence-electron chi connectivity index (χ1n) is 11.8. The third kappa shape index (κ3) is 10.0. The molecule has 1 N–H and O–H groups in total. The number of aryl methyl sites for hydroxylation is 1. The van der Waals surface area contributed by atoms with Crippen LogP contribution < -0.4 is 0 Å². The summed E-state index contributed by atoms with van der Waals surface area (Å²) < 4.78 is 29.9. The molecule has 0 amide bonds. The van der Waals surface area contributed by atoms with Crippen molar-refractivity contribution >= 4 is 21.7 Å². The van der Waals surface area contributed by atoms with E-state index in [1.54, 1.807) is 36.4 Å². The van der Waals surface area contributed by atoms with Gasteiger partial charge in [0.25, 0.3) is 10.1 Å². The molecule has 32 heavy (non-hydrogen) atoms. The summed E-state index contributed by atoms with van der Waals surface area (Å²) in [6.07, 6.45) is 12.9. The highest BCUT2D eigenvalue weighted by Gasteiger charge is 2.18. The van der Waals surface area contributed by atoms with Gasteiger partial charge in [-0.2, -0.15) is 8.42 Å². The molecule has 6 heteroatoms. The Hall–Kier alpha value is -1.40. The van der Waals surface area contributed by atoms with Gasteiger partial charge in [0.05, 0.1) is 11.5 Å². The monoisotopic (exact) mass is 480 g/mol. The highest BCUT2D eigenvalue weighted by molar-refractivity contribution is 7.86. The molecule has 0 aliphatic rings. The maximum absolute atomic E-state index is 12.4. The van der Waals surface area contributed by atoms with E-state index in [2.05, 4.69) is 6.92 Å². The molecule has 0 saturated carbocycles. The summed E-state index contributed by atoms with van der Waals surface area (Å²) in [5.41, 5.74) is 1.68. The second-order valence-corrected chi connectivity index (χ2v) is 10.4. The molecular formula is C26H37ClO4S. The number of benzene rings is 2. The molecule has 0 aromatic heterocycles. The molecule has 0 heterocycles. The molecule has 1 atom stereocenters. The number of hydrogen-bond donors (Lipinski definition) is 1. The van der Waals surface area contributed by atoms with Crippen LogP contribution in [0.5, 0.6) is 0 Å². The van der Waals surface area contributed by atoms with Gasteiger partial charge in [-0.15, -0.1) is 0 Å². The van der Waals surface area contributed by atoms with Crippen LogP contribution in [0.2, 0.25) is 5.02 Å². The van der Waals surface area contributed by atoms with Gasteiger partial charge >= 0.3 is 0 Å². The van der Waals surface area contributed by atoms with Crippen molar-refractivity contribution < 1.29 is 17.7 Å². The van der Waals surface area contributed by atoms with Crippen molar-refractivity contribution in [3.63, 3.8) is 0 Å². The summed E-state index contributed by atoms with van der Waals surface area (Å²) in [4.78, 5) is 0.104. The van der Waals surface area contributed by atoms with Crippen LogP contribution in [0.3, 0.4) is 0 Å². The van der Waals surface area contributed by atoms with Crippen LogP contribution in [0.4, 0.5) is 0 Å². The van der Waals surface area contributed by atoms with E-state index in [-0.39, 0.29) is 11.5 Å². The Bertz CT molecular complexity index is 864. The molecule has 4 nitrogen and oxygen atoms in total. The zero-order valence-electron chi connectivity index (χ0n) is 19.1. The first-order chi connectivity index (χ1) is 15.4. The molecule has 2 aromatic carbocycles. The van der Waals surface area contributed by atoms with E-state index in [0.717, 1.165) is 18.4 Å². The third-order valence-electron chi connectivity index (χ3n) is 5.67. The molecule has 1 unspecified atom stereocenters. The Morgan fingerprint density at radius 1 is 0.812 bits per heavy atom. The number of unbranched alkanes of at least 4 members (excludes halogenated alkanes) is 9. The lowest BCUT2D eigenvalue weighted by molar-refractivity contribution is 0.111. The van der Waals surface area contributed by atoms with Crippen LogP contribution >= 0.6 is 11.6 Å². The van der Waals surface area contributed by atoms with Crippen LogP contribution in [0.1, 0.15) is 88.4 Å². The fourth-order valence-electron chi connectivity index (χ4n) is 3.64. The van der Waals surface area contributed by atoms with Crippen molar-refractivity contribution in [1.29, 1.82) is 0 Å². The molecule has 178 valence electrons. The summed E-state index contributed by atoms with van der Waals surface area (Å²) in [7, 11) is -3.92. The van der Waals surface area contributed by atoms with Gasteiger partial charge < -0.3 is 5.11 Å². The summed E-state index contributed by atoms with van der Waals surface area (Å²) >= 11 is 5.83. The molecule has 2 rings (SSSR count). The Morgan fingerprint density at radius 2 is 1.34 bits per heavy atom. The largest absolute Gasteiger partial charge is 0.386 e. The van der Waals surface area contributed by atoms with Crippen LogP contribution in [-0.4, -0.2) is 20.1 Å². The predicted molar refractivity (Wildman–Crippen MR) is 132 cm³/mol. The van der Waals surface area contributed by atoms with Crippen molar-refractivity contribution in [1.82, 2.24) is 0 Å². The summed E-state index contributed by atoms with van der Waals surface area (Å²) in [5.74, 6) is 0. The lowest BCUT2D eigenvalue weighted by Crippen LogP contribution is -2.13. The van der Waals surface area contributed by atoms with E-state index in [1.165, 1.54) is 57.8 Å². The van der Waals surface area contributed by atoms with Crippen LogP contribution in [0.15, 0.2) is 53.4 Å². The van der Waals surface area contributed by atoms with Crippen LogP contribution in [-0.2, 0) is 20.7 Å². The molecule has 0 aliphatic carbocycles. The minimum absolute atomic E-state index is 0.104. The predicted octanol–water partition coefficient (Wildman–Crippen LogP) is 7.24. The summed E-state index contributed by atoms with van der Waals surface area (Å²) in [6.45, 7) is 1.90. The number of aliphatic hydroxyl groups excluding tert-OH is 1. The van der Waals surface area contributed by atoms with Gasteiger partial charge in [0.2, 0.25) is 0 Å². The van der Waals surface area contributed by atoms with Crippen molar-refractivity contribution in [2.75, 3.05) is 6.61 Å². The Kier molecular flexibility index (Phi) is 12.3. The van der Waals surface area contributed by atoms with Crippen LogP contribution in [0.25, 0.3) is 0 Å². The first kappa shape index (κ1) is 26.8. The molecule has 0 aliphatic heterocycles. The standard InChI is InChI=1S/C26H37ClO4S/c1-2-3-4-5-6-7-8-9-10-11-12-22-13-19-25(20-14-22)32(29,30)31-21-26(28)23-15-17-24(27)18-16-23/h13-20,26,28H,2-12,21H2,1H3. The van der Waals surface area contributed by atoms with Gasteiger partial charge in [-0.1, -0.05) is 101 Å². The third-order valence-corrected chi connectivity index (χ3v) is 7.21. The Balaban J connectivity index is 1.67. The molecule has 0 saturated heterocycles. The minimum atomic E-state index is -3.92. The van der Waals surface area contributed by atoms with Gasteiger partial charge in [0, 0.05) is 5.02 Å². The lowest BCUT2D eigenvalue weighted by atomic mass is 10.0. The molecule has 0 fully saturated rings. The SMILES string of the molecule is CCCCCCCCCCCCc1ccc(S(=O)(=O)OCC(O)c2ccc(Cl)cc2)cc1. The van der Waals surface area contributed by atoms with Gasteiger partial charge in [-0.05, 0) is 48.2 Å². The van der Waals surface area contributed by atoms with Crippen molar-refractivity contribution in [2.45, 2.75) is 88.6 Å². The maximum Gasteiger partial charge on any atom is 0.297 e. The second-order valence-electron chi connectivity index (χ2n) is 8.38. The Morgan fingerprint density at radius 3 is 1.91 bits per heavy atom. The van der Waals surface area contributed by atoms with E-state index in [4.69, 9.17) is 15.8 Å². The van der Waals surface area contributed by atoms with Crippen molar-refractivity contribution in [3.8, 4) is 0 Å². The number of hydrogen-bond acceptors (Lipinski definition) is 4. The number of halogens is 1. The number of aliphatic hydroxyl groups is 1. The normalized spacial score (nSPS) is 12.7. The molecule has 0 spiro atoms.